The number of ether oxygens (including phenoxy) is 1. The summed E-state index contributed by atoms with van der Waals surface area (Å²) in [4.78, 5) is 20.5. The van der Waals surface area contributed by atoms with E-state index in [9.17, 15) is 8.78 Å². The average molecular weight is 413 g/mol. The summed E-state index contributed by atoms with van der Waals surface area (Å²) in [6.45, 7) is 11.1. The highest BCUT2D eigenvalue weighted by atomic mass is 19.1. The molecular formula is C22H25F2N5O. The first-order valence-corrected chi connectivity index (χ1v) is 10.1. The molecule has 1 saturated heterocycles. The highest BCUT2D eigenvalue weighted by molar-refractivity contribution is 5.88. The van der Waals surface area contributed by atoms with Gasteiger partial charge in [0.25, 0.3) is 0 Å². The van der Waals surface area contributed by atoms with Crippen molar-refractivity contribution >= 4 is 17.1 Å². The summed E-state index contributed by atoms with van der Waals surface area (Å²) in [7, 11) is 0. The van der Waals surface area contributed by atoms with Crippen molar-refractivity contribution in [3.05, 3.63) is 41.2 Å². The summed E-state index contributed by atoms with van der Waals surface area (Å²) >= 11 is 0. The number of hydrogen-bond donors (Lipinski definition) is 0. The lowest BCUT2D eigenvalue weighted by atomic mass is 10.0. The number of rotatable bonds is 3. The second-order valence-corrected chi connectivity index (χ2v) is 8.20. The molecule has 0 radical (unpaired) electrons. The van der Waals surface area contributed by atoms with Gasteiger partial charge in [-0.15, -0.1) is 0 Å². The van der Waals surface area contributed by atoms with Crippen molar-refractivity contribution in [2.45, 2.75) is 46.8 Å². The summed E-state index contributed by atoms with van der Waals surface area (Å²) in [5.41, 5.74) is 2.72. The molecule has 0 aliphatic carbocycles. The fourth-order valence-corrected chi connectivity index (χ4v) is 3.63. The first kappa shape index (κ1) is 20.5. The Morgan fingerprint density at radius 3 is 2.47 bits per heavy atom. The number of benzene rings is 1. The van der Waals surface area contributed by atoms with Crippen molar-refractivity contribution in [3.8, 4) is 11.3 Å². The van der Waals surface area contributed by atoms with E-state index in [1.807, 2.05) is 25.7 Å². The van der Waals surface area contributed by atoms with E-state index >= 15 is 0 Å². The summed E-state index contributed by atoms with van der Waals surface area (Å²) in [5.74, 6) is -0.569. The van der Waals surface area contributed by atoms with Gasteiger partial charge >= 0.3 is 0 Å². The second-order valence-electron chi connectivity index (χ2n) is 8.20. The number of anilines is 1. The molecule has 3 aromatic rings. The SMILES string of the molecule is Cc1nc2nc(N3C[C@@H](C)O[C@@H](C(C)C)C3)nc(-c3ccc(F)cc3F)c2nc1C. The van der Waals surface area contributed by atoms with Crippen molar-refractivity contribution in [1.29, 1.82) is 0 Å². The fourth-order valence-electron chi connectivity index (χ4n) is 3.63. The van der Waals surface area contributed by atoms with Crippen LogP contribution in [0, 0.1) is 31.4 Å². The van der Waals surface area contributed by atoms with Crippen LogP contribution in [0.3, 0.4) is 0 Å². The molecular weight excluding hydrogens is 388 g/mol. The highest BCUT2D eigenvalue weighted by Crippen LogP contribution is 2.30. The van der Waals surface area contributed by atoms with Crippen LogP contribution < -0.4 is 4.90 Å². The van der Waals surface area contributed by atoms with Crippen molar-refractivity contribution in [3.63, 3.8) is 0 Å². The Balaban J connectivity index is 1.90. The van der Waals surface area contributed by atoms with Gasteiger partial charge in [0.2, 0.25) is 5.95 Å². The van der Waals surface area contributed by atoms with Crippen molar-refractivity contribution in [1.82, 2.24) is 19.9 Å². The van der Waals surface area contributed by atoms with Crippen molar-refractivity contribution in [2.24, 2.45) is 5.92 Å². The van der Waals surface area contributed by atoms with Crippen LogP contribution in [-0.2, 0) is 4.74 Å². The van der Waals surface area contributed by atoms with E-state index in [2.05, 4.69) is 33.8 Å². The number of hydrogen-bond acceptors (Lipinski definition) is 6. The van der Waals surface area contributed by atoms with Crippen molar-refractivity contribution in [2.75, 3.05) is 18.0 Å². The minimum absolute atomic E-state index is 0.00212. The molecule has 6 nitrogen and oxygen atoms in total. The van der Waals surface area contributed by atoms with Crippen LogP contribution in [0.15, 0.2) is 18.2 Å². The zero-order valence-electron chi connectivity index (χ0n) is 17.8. The summed E-state index contributed by atoms with van der Waals surface area (Å²) in [6, 6.07) is 3.45. The normalized spacial score (nSPS) is 19.7. The van der Waals surface area contributed by atoms with E-state index in [1.54, 1.807) is 0 Å². The molecule has 1 aromatic carbocycles. The maximum atomic E-state index is 14.7. The lowest BCUT2D eigenvalue weighted by Crippen LogP contribution is -2.49. The van der Waals surface area contributed by atoms with Crippen LogP contribution in [0.1, 0.15) is 32.2 Å². The van der Waals surface area contributed by atoms with E-state index in [0.717, 1.165) is 11.8 Å². The lowest BCUT2D eigenvalue weighted by Gasteiger charge is -2.38. The van der Waals surface area contributed by atoms with Crippen LogP contribution in [-0.4, -0.2) is 45.2 Å². The van der Waals surface area contributed by atoms with Crippen LogP contribution in [0.5, 0.6) is 0 Å². The Hall–Kier alpha value is -2.74. The number of morpholine rings is 1. The Morgan fingerprint density at radius 1 is 1.03 bits per heavy atom. The number of aryl methyl sites for hydroxylation is 2. The molecule has 1 aliphatic rings. The number of halogens is 2. The van der Waals surface area contributed by atoms with Gasteiger partial charge in [0.1, 0.15) is 22.8 Å². The third-order valence-corrected chi connectivity index (χ3v) is 5.43. The van der Waals surface area contributed by atoms with Gasteiger partial charge in [-0.25, -0.2) is 23.7 Å². The minimum atomic E-state index is -0.698. The molecule has 1 aliphatic heterocycles. The van der Waals surface area contributed by atoms with Gasteiger partial charge in [-0.3, -0.25) is 0 Å². The summed E-state index contributed by atoms with van der Waals surface area (Å²) < 4.78 is 34.2. The molecule has 30 heavy (non-hydrogen) atoms. The zero-order chi connectivity index (χ0) is 21.6. The largest absolute Gasteiger partial charge is 0.371 e. The molecule has 0 amide bonds. The highest BCUT2D eigenvalue weighted by Gasteiger charge is 2.30. The van der Waals surface area contributed by atoms with Gasteiger partial charge in [0.15, 0.2) is 5.65 Å². The first-order valence-electron chi connectivity index (χ1n) is 10.1. The third kappa shape index (κ3) is 3.84. The van der Waals surface area contributed by atoms with Gasteiger partial charge in [0, 0.05) is 24.7 Å². The number of nitrogens with zero attached hydrogens (tertiary/aromatic N) is 5. The van der Waals surface area contributed by atoms with E-state index < -0.39 is 11.6 Å². The molecule has 0 bridgehead atoms. The third-order valence-electron chi connectivity index (χ3n) is 5.43. The van der Waals surface area contributed by atoms with Gasteiger partial charge < -0.3 is 9.64 Å². The molecule has 4 rings (SSSR count). The zero-order valence-corrected chi connectivity index (χ0v) is 17.8. The molecule has 0 N–H and O–H groups in total. The fraction of sp³-hybridized carbons (Fsp3) is 0.455. The monoisotopic (exact) mass is 413 g/mol. The van der Waals surface area contributed by atoms with E-state index in [0.29, 0.717) is 47.5 Å². The average Bonchev–Trinajstić information content (AvgIpc) is 2.68. The standard InChI is InChI=1S/C22H25F2N5O/c1-11(2)18-10-29(9-12(3)30-18)22-27-19(16-7-6-15(23)8-17(16)24)20-21(28-22)26-14(5)13(4)25-20/h6-8,11-12,18H,9-10H2,1-5H3/t12-,18-/m1/s1. The Morgan fingerprint density at radius 2 is 1.77 bits per heavy atom. The molecule has 1 fully saturated rings. The van der Waals surface area contributed by atoms with E-state index in [-0.39, 0.29) is 17.8 Å². The molecule has 0 spiro atoms. The summed E-state index contributed by atoms with van der Waals surface area (Å²) in [6.07, 6.45) is 0.0344. The van der Waals surface area contributed by atoms with Crippen LogP contribution >= 0.6 is 0 Å². The molecule has 2 aromatic heterocycles. The van der Waals surface area contributed by atoms with Gasteiger partial charge in [-0.05, 0) is 38.8 Å². The second kappa shape index (κ2) is 7.83. The van der Waals surface area contributed by atoms with Crippen LogP contribution in [0.4, 0.5) is 14.7 Å². The quantitative estimate of drug-likeness (QED) is 0.640. The minimum Gasteiger partial charge on any atom is -0.371 e. The predicted octanol–water partition coefficient (Wildman–Crippen LogP) is 4.23. The van der Waals surface area contributed by atoms with Gasteiger partial charge in [-0.2, -0.15) is 4.98 Å². The maximum absolute atomic E-state index is 14.7. The molecule has 8 heteroatoms. The van der Waals surface area contributed by atoms with Crippen LogP contribution in [0.2, 0.25) is 0 Å². The number of aromatic nitrogens is 4. The molecule has 158 valence electrons. The molecule has 0 saturated carbocycles. The Kier molecular flexibility index (Phi) is 5.36. The maximum Gasteiger partial charge on any atom is 0.228 e. The summed E-state index contributed by atoms with van der Waals surface area (Å²) in [5, 5.41) is 0. The van der Waals surface area contributed by atoms with Gasteiger partial charge in [0.05, 0.1) is 23.6 Å². The lowest BCUT2D eigenvalue weighted by molar-refractivity contribution is -0.0394. The topological polar surface area (TPSA) is 64.0 Å². The molecule has 3 heterocycles. The number of fused-ring (bicyclic) bond motifs is 1. The Bertz CT molecular complexity index is 1100. The van der Waals surface area contributed by atoms with E-state index in [4.69, 9.17) is 4.74 Å². The van der Waals surface area contributed by atoms with Gasteiger partial charge in [-0.1, -0.05) is 13.8 Å². The molecule has 2 atom stereocenters. The first-order chi connectivity index (χ1) is 14.2. The smallest absolute Gasteiger partial charge is 0.228 e. The van der Waals surface area contributed by atoms with Crippen LogP contribution in [0.25, 0.3) is 22.4 Å². The van der Waals surface area contributed by atoms with Crippen molar-refractivity contribution < 1.29 is 13.5 Å². The van der Waals surface area contributed by atoms with E-state index in [1.165, 1.54) is 12.1 Å². The molecule has 0 unspecified atom stereocenters. The Labute approximate surface area is 174 Å². The predicted molar refractivity (Wildman–Crippen MR) is 111 cm³/mol.